The summed E-state index contributed by atoms with van der Waals surface area (Å²) in [4.78, 5) is 32.6. The Balaban J connectivity index is 2.26. The zero-order valence-electron chi connectivity index (χ0n) is 13.5. The van der Waals surface area contributed by atoms with E-state index in [4.69, 9.17) is 4.74 Å². The fourth-order valence-electron chi connectivity index (χ4n) is 1.99. The van der Waals surface area contributed by atoms with Crippen LogP contribution in [-0.4, -0.2) is 35.5 Å². The number of carbonyl (C=O) groups is 2. The normalized spacial score (nSPS) is 9.92. The highest BCUT2D eigenvalue weighted by Gasteiger charge is 2.16. The quantitative estimate of drug-likeness (QED) is 0.625. The molecule has 1 heterocycles. The van der Waals surface area contributed by atoms with Crippen LogP contribution in [0.5, 0.6) is 0 Å². The van der Waals surface area contributed by atoms with E-state index in [9.17, 15) is 9.59 Å². The van der Waals surface area contributed by atoms with E-state index >= 15 is 0 Å². The number of esters is 1. The van der Waals surface area contributed by atoms with Crippen molar-refractivity contribution < 1.29 is 14.3 Å². The lowest BCUT2D eigenvalue weighted by Gasteiger charge is -2.10. The molecule has 1 amide bonds. The number of hydrogen-bond donors (Lipinski definition) is 2. The summed E-state index contributed by atoms with van der Waals surface area (Å²) in [6.07, 6.45) is 1.66. The van der Waals surface area contributed by atoms with Gasteiger partial charge < -0.3 is 15.4 Å². The van der Waals surface area contributed by atoms with Crippen molar-refractivity contribution in [2.24, 2.45) is 0 Å². The van der Waals surface area contributed by atoms with Gasteiger partial charge in [0.2, 0.25) is 5.95 Å². The summed E-state index contributed by atoms with van der Waals surface area (Å²) in [6.45, 7) is 5.85. The number of aryl methyl sites for hydroxylation is 1. The van der Waals surface area contributed by atoms with Gasteiger partial charge in [-0.2, -0.15) is 0 Å². The van der Waals surface area contributed by atoms with Gasteiger partial charge in [-0.1, -0.05) is 18.2 Å². The molecule has 0 aliphatic rings. The van der Waals surface area contributed by atoms with E-state index in [1.807, 2.05) is 0 Å². The van der Waals surface area contributed by atoms with E-state index in [2.05, 4.69) is 27.2 Å². The Morgan fingerprint density at radius 3 is 2.75 bits per heavy atom. The van der Waals surface area contributed by atoms with E-state index in [-0.39, 0.29) is 11.3 Å². The number of methoxy groups -OCH3 is 1. The zero-order chi connectivity index (χ0) is 17.5. The van der Waals surface area contributed by atoms with E-state index in [0.29, 0.717) is 23.9 Å². The van der Waals surface area contributed by atoms with Crippen molar-refractivity contribution in [3.8, 4) is 0 Å². The van der Waals surface area contributed by atoms with Crippen LogP contribution in [0.25, 0.3) is 0 Å². The van der Waals surface area contributed by atoms with Crippen molar-refractivity contribution in [2.45, 2.75) is 6.92 Å². The second kappa shape index (κ2) is 7.87. The molecule has 1 aromatic carbocycles. The molecule has 0 fully saturated rings. The van der Waals surface area contributed by atoms with Gasteiger partial charge >= 0.3 is 5.97 Å². The van der Waals surface area contributed by atoms with Crippen molar-refractivity contribution >= 4 is 23.5 Å². The predicted octanol–water partition coefficient (Wildman–Crippen LogP) is 2.42. The molecule has 0 spiro atoms. The summed E-state index contributed by atoms with van der Waals surface area (Å²) in [6, 6.07) is 8.16. The number of aromatic nitrogens is 2. The second-order valence-electron chi connectivity index (χ2n) is 4.88. The van der Waals surface area contributed by atoms with E-state index in [1.165, 1.54) is 7.11 Å². The number of nitrogens with zero attached hydrogens (tertiary/aromatic N) is 2. The van der Waals surface area contributed by atoms with Crippen LogP contribution in [0.15, 0.2) is 43.0 Å². The molecule has 1 aromatic heterocycles. The molecule has 2 aromatic rings. The minimum Gasteiger partial charge on any atom is -0.465 e. The van der Waals surface area contributed by atoms with E-state index in [0.717, 1.165) is 0 Å². The Bertz CT molecular complexity index is 774. The summed E-state index contributed by atoms with van der Waals surface area (Å²) < 4.78 is 4.71. The minimum atomic E-state index is -0.530. The Labute approximate surface area is 139 Å². The molecule has 2 rings (SSSR count). The topological polar surface area (TPSA) is 93.2 Å². The molecular formula is C17H18N4O3. The number of rotatable bonds is 6. The summed E-state index contributed by atoms with van der Waals surface area (Å²) in [5.74, 6) is -0.641. The molecule has 7 heteroatoms. The first-order valence-corrected chi connectivity index (χ1v) is 7.24. The molecule has 0 aliphatic heterocycles. The van der Waals surface area contributed by atoms with Crippen molar-refractivity contribution in [1.29, 1.82) is 0 Å². The summed E-state index contributed by atoms with van der Waals surface area (Å²) in [5, 5.41) is 5.61. The van der Waals surface area contributed by atoms with Crippen LogP contribution in [0.4, 0.5) is 11.6 Å². The van der Waals surface area contributed by atoms with Gasteiger partial charge in [-0.25, -0.2) is 14.8 Å². The van der Waals surface area contributed by atoms with Crippen molar-refractivity contribution in [2.75, 3.05) is 24.3 Å². The summed E-state index contributed by atoms with van der Waals surface area (Å²) in [7, 11) is 1.28. The Morgan fingerprint density at radius 1 is 1.29 bits per heavy atom. The molecular weight excluding hydrogens is 308 g/mol. The van der Waals surface area contributed by atoms with Crippen molar-refractivity contribution in [1.82, 2.24) is 9.97 Å². The third-order valence-electron chi connectivity index (χ3n) is 3.07. The smallest absolute Gasteiger partial charge is 0.339 e. The molecule has 0 radical (unpaired) electrons. The van der Waals surface area contributed by atoms with Crippen LogP contribution < -0.4 is 10.6 Å². The number of para-hydroxylation sites is 1. The monoisotopic (exact) mass is 326 g/mol. The van der Waals surface area contributed by atoms with Gasteiger partial charge in [0.15, 0.2) is 0 Å². The van der Waals surface area contributed by atoms with Crippen molar-refractivity contribution in [3.63, 3.8) is 0 Å². The van der Waals surface area contributed by atoms with Crippen LogP contribution in [0, 0.1) is 6.92 Å². The molecule has 0 aliphatic carbocycles. The lowest BCUT2D eigenvalue weighted by molar-refractivity contribution is 0.0602. The molecule has 0 atom stereocenters. The molecule has 24 heavy (non-hydrogen) atoms. The Morgan fingerprint density at radius 2 is 2.04 bits per heavy atom. The number of anilines is 2. The molecule has 124 valence electrons. The number of benzene rings is 1. The van der Waals surface area contributed by atoms with Gasteiger partial charge in [0.05, 0.1) is 18.4 Å². The summed E-state index contributed by atoms with van der Waals surface area (Å²) >= 11 is 0. The average molecular weight is 326 g/mol. The number of amides is 1. The van der Waals surface area contributed by atoms with Crippen LogP contribution in [-0.2, 0) is 4.74 Å². The molecule has 0 saturated heterocycles. The van der Waals surface area contributed by atoms with Gasteiger partial charge in [-0.3, -0.25) is 4.79 Å². The van der Waals surface area contributed by atoms with E-state index in [1.54, 1.807) is 43.3 Å². The second-order valence-corrected chi connectivity index (χ2v) is 4.88. The number of ether oxygens (including phenoxy) is 1. The number of carbonyl (C=O) groups excluding carboxylic acids is 2. The highest BCUT2D eigenvalue weighted by molar-refractivity contribution is 6.07. The molecule has 2 N–H and O–H groups in total. The standard InChI is InChI=1S/C17H18N4O3/c1-4-9-18-17-19-11(2)10-14(21-17)15(22)20-13-8-6-5-7-12(13)16(23)24-3/h4-8,10H,1,9H2,2-3H3,(H,20,22)(H,18,19,21). The maximum Gasteiger partial charge on any atom is 0.339 e. The predicted molar refractivity (Wildman–Crippen MR) is 91.2 cm³/mol. The van der Waals surface area contributed by atoms with Crippen LogP contribution >= 0.6 is 0 Å². The van der Waals surface area contributed by atoms with Crippen molar-refractivity contribution in [3.05, 3.63) is 59.9 Å². The first kappa shape index (κ1) is 17.1. The molecule has 0 saturated carbocycles. The number of nitrogens with one attached hydrogen (secondary N) is 2. The third kappa shape index (κ3) is 4.16. The van der Waals surface area contributed by atoms with Crippen LogP contribution in [0.3, 0.4) is 0 Å². The lowest BCUT2D eigenvalue weighted by Crippen LogP contribution is -2.18. The maximum atomic E-state index is 12.5. The van der Waals surface area contributed by atoms with Gasteiger partial charge in [0.1, 0.15) is 5.69 Å². The first-order chi connectivity index (χ1) is 11.5. The van der Waals surface area contributed by atoms with E-state index < -0.39 is 11.9 Å². The highest BCUT2D eigenvalue weighted by atomic mass is 16.5. The zero-order valence-corrected chi connectivity index (χ0v) is 13.5. The maximum absolute atomic E-state index is 12.5. The molecule has 0 unspecified atom stereocenters. The number of hydrogen-bond acceptors (Lipinski definition) is 6. The fourth-order valence-corrected chi connectivity index (χ4v) is 1.99. The largest absolute Gasteiger partial charge is 0.465 e. The molecule has 0 bridgehead atoms. The Hall–Kier alpha value is -3.22. The molecule has 7 nitrogen and oxygen atoms in total. The minimum absolute atomic E-state index is 0.189. The average Bonchev–Trinajstić information content (AvgIpc) is 2.59. The van der Waals surface area contributed by atoms with Gasteiger partial charge in [0, 0.05) is 12.2 Å². The van der Waals surface area contributed by atoms with Crippen LogP contribution in [0.1, 0.15) is 26.5 Å². The summed E-state index contributed by atoms with van der Waals surface area (Å²) in [5.41, 5.74) is 1.45. The van der Waals surface area contributed by atoms with Gasteiger partial charge in [-0.05, 0) is 25.1 Å². The van der Waals surface area contributed by atoms with Gasteiger partial charge in [-0.15, -0.1) is 6.58 Å². The third-order valence-corrected chi connectivity index (χ3v) is 3.07. The van der Waals surface area contributed by atoms with Gasteiger partial charge in [0.25, 0.3) is 5.91 Å². The highest BCUT2D eigenvalue weighted by Crippen LogP contribution is 2.17. The first-order valence-electron chi connectivity index (χ1n) is 7.24. The van der Waals surface area contributed by atoms with Crippen LogP contribution in [0.2, 0.25) is 0 Å². The lowest BCUT2D eigenvalue weighted by atomic mass is 10.1. The fraction of sp³-hybridized carbons (Fsp3) is 0.176. The Kier molecular flexibility index (Phi) is 5.62. The SMILES string of the molecule is C=CCNc1nc(C)cc(C(=O)Nc2ccccc2C(=O)OC)n1.